The smallest absolute Gasteiger partial charge is 0.240 e. The van der Waals surface area contributed by atoms with Gasteiger partial charge in [-0.15, -0.1) is 0 Å². The van der Waals surface area contributed by atoms with Gasteiger partial charge < -0.3 is 10.6 Å². The van der Waals surface area contributed by atoms with Crippen LogP contribution in [0.5, 0.6) is 0 Å². The maximum Gasteiger partial charge on any atom is 0.240 e. The van der Waals surface area contributed by atoms with Crippen molar-refractivity contribution in [2.24, 2.45) is 5.14 Å². The second-order valence-electron chi connectivity index (χ2n) is 4.13. The second-order valence-corrected chi connectivity index (χ2v) is 5.66. The third-order valence-electron chi connectivity index (χ3n) is 2.85. The molecule has 0 fully saturated rings. The van der Waals surface area contributed by atoms with Crippen LogP contribution in [0.1, 0.15) is 0 Å². The summed E-state index contributed by atoms with van der Waals surface area (Å²) in [4.78, 5) is 1.75. The minimum atomic E-state index is -3.82. The summed E-state index contributed by atoms with van der Waals surface area (Å²) in [5, 5.41) is 5.14. The molecule has 0 aliphatic heterocycles. The molecule has 0 heterocycles. The van der Waals surface area contributed by atoms with Crippen LogP contribution in [0.15, 0.2) is 53.4 Å². The van der Waals surface area contributed by atoms with E-state index in [4.69, 9.17) is 10.9 Å². The van der Waals surface area contributed by atoms with Gasteiger partial charge in [0.15, 0.2) is 0 Å². The summed E-state index contributed by atoms with van der Waals surface area (Å²) in [5.74, 6) is 0. The molecule has 0 unspecified atom stereocenters. The van der Waals surface area contributed by atoms with Crippen molar-refractivity contribution in [3.8, 4) is 0 Å². The first-order chi connectivity index (χ1) is 8.91. The van der Waals surface area contributed by atoms with E-state index in [1.165, 1.54) is 6.07 Å². The topological polar surface area (TPSA) is 89.4 Å². The maximum absolute atomic E-state index is 11.4. The van der Waals surface area contributed by atoms with Crippen LogP contribution in [0.4, 0.5) is 17.1 Å². The van der Waals surface area contributed by atoms with Crippen molar-refractivity contribution in [2.45, 2.75) is 4.90 Å². The van der Waals surface area contributed by atoms with Crippen LogP contribution in [0.2, 0.25) is 0 Å². The Kier molecular flexibility index (Phi) is 3.46. The SMILES string of the molecule is CN(c1ccccc1)c1cccc(S(N)(=O)=O)c1N. The van der Waals surface area contributed by atoms with Gasteiger partial charge in [0.25, 0.3) is 0 Å². The second kappa shape index (κ2) is 4.91. The number of nitrogen functional groups attached to an aromatic ring is 1. The molecule has 0 saturated heterocycles. The molecule has 2 rings (SSSR count). The Morgan fingerprint density at radius 1 is 1.00 bits per heavy atom. The molecule has 2 aromatic carbocycles. The number of anilines is 3. The normalized spacial score (nSPS) is 11.3. The highest BCUT2D eigenvalue weighted by atomic mass is 32.2. The Hall–Kier alpha value is -2.05. The molecule has 100 valence electrons. The summed E-state index contributed by atoms with van der Waals surface area (Å²) >= 11 is 0. The fourth-order valence-corrected chi connectivity index (χ4v) is 2.54. The molecule has 0 bridgehead atoms. The monoisotopic (exact) mass is 277 g/mol. The Labute approximate surface area is 112 Å². The Balaban J connectivity index is 2.53. The zero-order chi connectivity index (χ0) is 14.0. The molecule has 0 atom stereocenters. The minimum absolute atomic E-state index is 0.0622. The predicted molar refractivity (Wildman–Crippen MR) is 76.7 cm³/mol. The molecule has 4 N–H and O–H groups in total. The van der Waals surface area contributed by atoms with Gasteiger partial charge in [-0.3, -0.25) is 0 Å². The first kappa shape index (κ1) is 13.4. The molecule has 0 amide bonds. The van der Waals surface area contributed by atoms with E-state index in [2.05, 4.69) is 0 Å². The zero-order valence-corrected chi connectivity index (χ0v) is 11.3. The van der Waals surface area contributed by atoms with Gasteiger partial charge in [-0.25, -0.2) is 13.6 Å². The molecule has 6 heteroatoms. The molecule has 19 heavy (non-hydrogen) atoms. The van der Waals surface area contributed by atoms with Gasteiger partial charge in [0, 0.05) is 12.7 Å². The van der Waals surface area contributed by atoms with Gasteiger partial charge in [0.2, 0.25) is 10.0 Å². The molecular weight excluding hydrogens is 262 g/mol. The molecule has 0 radical (unpaired) electrons. The number of hydrogen-bond acceptors (Lipinski definition) is 4. The third-order valence-corrected chi connectivity index (χ3v) is 3.82. The zero-order valence-electron chi connectivity index (χ0n) is 10.4. The molecule has 0 aliphatic carbocycles. The number of para-hydroxylation sites is 2. The lowest BCUT2D eigenvalue weighted by atomic mass is 10.2. The van der Waals surface area contributed by atoms with E-state index in [0.29, 0.717) is 5.69 Å². The lowest BCUT2D eigenvalue weighted by Gasteiger charge is -2.22. The van der Waals surface area contributed by atoms with Crippen molar-refractivity contribution in [1.29, 1.82) is 0 Å². The van der Waals surface area contributed by atoms with Gasteiger partial charge in [-0.05, 0) is 24.3 Å². The van der Waals surface area contributed by atoms with Crippen LogP contribution in [-0.2, 0) is 10.0 Å². The minimum Gasteiger partial charge on any atom is -0.396 e. The van der Waals surface area contributed by atoms with Crippen molar-refractivity contribution in [3.05, 3.63) is 48.5 Å². The summed E-state index contributed by atoms with van der Waals surface area (Å²) in [6.45, 7) is 0. The van der Waals surface area contributed by atoms with Gasteiger partial charge in [0.05, 0.1) is 11.4 Å². The van der Waals surface area contributed by atoms with Crippen molar-refractivity contribution in [2.75, 3.05) is 17.7 Å². The number of primary sulfonamides is 1. The number of rotatable bonds is 3. The standard InChI is InChI=1S/C13H15N3O2S/c1-16(10-6-3-2-4-7-10)11-8-5-9-12(13(11)14)19(15,17)18/h2-9H,14H2,1H3,(H2,15,17,18). The Morgan fingerprint density at radius 3 is 2.21 bits per heavy atom. The fraction of sp³-hybridized carbons (Fsp3) is 0.0769. The number of benzene rings is 2. The highest BCUT2D eigenvalue weighted by Gasteiger charge is 2.17. The van der Waals surface area contributed by atoms with Gasteiger partial charge in [0.1, 0.15) is 4.90 Å². The molecule has 2 aromatic rings. The van der Waals surface area contributed by atoms with Crippen LogP contribution in [0.3, 0.4) is 0 Å². The maximum atomic E-state index is 11.4. The van der Waals surface area contributed by atoms with Crippen LogP contribution < -0.4 is 15.8 Å². The van der Waals surface area contributed by atoms with E-state index in [0.717, 1.165) is 5.69 Å². The number of sulfonamides is 1. The first-order valence-corrected chi connectivity index (χ1v) is 7.16. The summed E-state index contributed by atoms with van der Waals surface area (Å²) in [5.41, 5.74) is 7.55. The lowest BCUT2D eigenvalue weighted by Crippen LogP contribution is -2.17. The van der Waals surface area contributed by atoms with Crippen molar-refractivity contribution < 1.29 is 8.42 Å². The quantitative estimate of drug-likeness (QED) is 0.835. The van der Waals surface area contributed by atoms with E-state index < -0.39 is 10.0 Å². The largest absolute Gasteiger partial charge is 0.396 e. The van der Waals surface area contributed by atoms with Crippen molar-refractivity contribution >= 4 is 27.1 Å². The van der Waals surface area contributed by atoms with Gasteiger partial charge in [-0.2, -0.15) is 0 Å². The highest BCUT2D eigenvalue weighted by Crippen LogP contribution is 2.32. The average molecular weight is 277 g/mol. The number of nitrogens with two attached hydrogens (primary N) is 2. The van der Waals surface area contributed by atoms with Crippen LogP contribution in [0, 0.1) is 0 Å². The molecular formula is C13H15N3O2S. The van der Waals surface area contributed by atoms with E-state index in [1.807, 2.05) is 42.3 Å². The highest BCUT2D eigenvalue weighted by molar-refractivity contribution is 7.89. The lowest BCUT2D eigenvalue weighted by molar-refractivity contribution is 0.598. The Bertz CT molecular complexity index is 684. The summed E-state index contributed by atoms with van der Waals surface area (Å²) < 4.78 is 22.9. The molecule has 5 nitrogen and oxygen atoms in total. The number of nitrogens with zero attached hydrogens (tertiary/aromatic N) is 1. The van der Waals surface area contributed by atoms with Crippen molar-refractivity contribution in [1.82, 2.24) is 0 Å². The van der Waals surface area contributed by atoms with E-state index >= 15 is 0 Å². The van der Waals surface area contributed by atoms with Crippen LogP contribution in [-0.4, -0.2) is 15.5 Å². The van der Waals surface area contributed by atoms with Crippen molar-refractivity contribution in [3.63, 3.8) is 0 Å². The summed E-state index contributed by atoms with van der Waals surface area (Å²) in [6.07, 6.45) is 0. The van der Waals surface area contributed by atoms with Gasteiger partial charge >= 0.3 is 0 Å². The summed E-state index contributed by atoms with van der Waals surface area (Å²) in [6, 6.07) is 14.3. The van der Waals surface area contributed by atoms with E-state index in [1.54, 1.807) is 12.1 Å². The molecule has 0 aliphatic rings. The van der Waals surface area contributed by atoms with E-state index in [9.17, 15) is 8.42 Å². The van der Waals surface area contributed by atoms with Crippen LogP contribution in [0.25, 0.3) is 0 Å². The molecule has 0 aromatic heterocycles. The van der Waals surface area contributed by atoms with E-state index in [-0.39, 0.29) is 10.6 Å². The first-order valence-electron chi connectivity index (χ1n) is 5.61. The predicted octanol–water partition coefficient (Wildman–Crippen LogP) is 1.68. The molecule has 0 spiro atoms. The Morgan fingerprint density at radius 2 is 1.63 bits per heavy atom. The number of hydrogen-bond donors (Lipinski definition) is 2. The summed E-state index contributed by atoms with van der Waals surface area (Å²) in [7, 11) is -2.01. The molecule has 0 saturated carbocycles. The average Bonchev–Trinajstić information content (AvgIpc) is 2.38. The van der Waals surface area contributed by atoms with Gasteiger partial charge in [-0.1, -0.05) is 24.3 Å². The van der Waals surface area contributed by atoms with Crippen LogP contribution >= 0.6 is 0 Å². The fourth-order valence-electron chi connectivity index (χ4n) is 1.86. The third kappa shape index (κ3) is 2.69.